The smallest absolute Gasteiger partial charge is 0.152 e. The number of rotatable bonds is 0. The van der Waals surface area contributed by atoms with E-state index in [1.54, 1.807) is 0 Å². The van der Waals surface area contributed by atoms with Crippen molar-refractivity contribution in [2.45, 2.75) is 0 Å². The molecule has 0 amide bonds. The first-order valence-electron chi connectivity index (χ1n) is 2.81. The summed E-state index contributed by atoms with van der Waals surface area (Å²) in [4.78, 5) is 7.27. The van der Waals surface area contributed by atoms with Gasteiger partial charge >= 0.3 is 0 Å². The standard InChI is InChI=1S/C5H8N2O3/c1-6-2-8-4-10-5-9-3-7-1/h2-5H2. The minimum Gasteiger partial charge on any atom is -0.332 e. The van der Waals surface area contributed by atoms with Crippen LogP contribution in [0.2, 0.25) is 0 Å². The molecule has 0 saturated heterocycles. The molecule has 5 heteroatoms. The lowest BCUT2D eigenvalue weighted by Crippen LogP contribution is -2.05. The SMILES string of the molecule is C1=NCOCOCOCN=1. The second-order valence-corrected chi connectivity index (χ2v) is 1.52. The van der Waals surface area contributed by atoms with Gasteiger partial charge in [0.15, 0.2) is 27.0 Å². The number of hydrogen-bond acceptors (Lipinski definition) is 5. The van der Waals surface area contributed by atoms with Gasteiger partial charge in [0.25, 0.3) is 0 Å². The van der Waals surface area contributed by atoms with Crippen LogP contribution in [0.25, 0.3) is 0 Å². The van der Waals surface area contributed by atoms with E-state index >= 15 is 0 Å². The van der Waals surface area contributed by atoms with Crippen molar-refractivity contribution >= 4 is 6.01 Å². The normalized spacial score (nSPS) is 20.8. The van der Waals surface area contributed by atoms with Crippen LogP contribution in [-0.4, -0.2) is 33.1 Å². The van der Waals surface area contributed by atoms with E-state index in [-0.39, 0.29) is 27.0 Å². The van der Waals surface area contributed by atoms with Gasteiger partial charge < -0.3 is 14.2 Å². The maximum Gasteiger partial charge on any atom is 0.152 e. The molecule has 0 bridgehead atoms. The Labute approximate surface area is 58.3 Å². The molecule has 56 valence electrons. The second kappa shape index (κ2) is 5.08. The van der Waals surface area contributed by atoms with Crippen LogP contribution in [0.1, 0.15) is 0 Å². The summed E-state index contributed by atoms with van der Waals surface area (Å²) in [5.41, 5.74) is 0. The molecule has 0 N–H and O–H groups in total. The van der Waals surface area contributed by atoms with Gasteiger partial charge in [-0.3, -0.25) is 0 Å². The molecule has 0 aromatic carbocycles. The van der Waals surface area contributed by atoms with E-state index in [0.29, 0.717) is 0 Å². The molecule has 1 aliphatic rings. The Morgan fingerprint density at radius 3 is 2.10 bits per heavy atom. The minimum absolute atomic E-state index is 0.200. The lowest BCUT2D eigenvalue weighted by molar-refractivity contribution is -0.129. The predicted molar refractivity (Wildman–Crippen MR) is 32.6 cm³/mol. The molecule has 0 aromatic heterocycles. The molecule has 0 saturated carbocycles. The van der Waals surface area contributed by atoms with Crippen LogP contribution in [0, 0.1) is 0 Å². The molecule has 1 rings (SSSR count). The molecule has 0 atom stereocenters. The van der Waals surface area contributed by atoms with Crippen LogP contribution in [0.15, 0.2) is 9.98 Å². The Morgan fingerprint density at radius 1 is 0.900 bits per heavy atom. The number of aliphatic imine (C=N–C) groups is 2. The maximum atomic E-state index is 4.82. The predicted octanol–water partition coefficient (Wildman–Crippen LogP) is 0.0537. The van der Waals surface area contributed by atoms with Gasteiger partial charge in [0.1, 0.15) is 0 Å². The second-order valence-electron chi connectivity index (χ2n) is 1.52. The average Bonchev–Trinajstić information content (AvgIpc) is 2.01. The van der Waals surface area contributed by atoms with Crippen molar-refractivity contribution in [3.05, 3.63) is 0 Å². The molecule has 1 aliphatic heterocycles. The molecule has 0 spiro atoms. The summed E-state index contributed by atoms with van der Waals surface area (Å²) in [6.07, 6.45) is 0. The van der Waals surface area contributed by atoms with Crippen molar-refractivity contribution in [3.8, 4) is 0 Å². The van der Waals surface area contributed by atoms with Gasteiger partial charge in [0, 0.05) is 0 Å². The highest BCUT2D eigenvalue weighted by Crippen LogP contribution is 1.83. The highest BCUT2D eigenvalue weighted by atomic mass is 16.7. The van der Waals surface area contributed by atoms with Gasteiger partial charge in [-0.25, -0.2) is 0 Å². The van der Waals surface area contributed by atoms with Crippen molar-refractivity contribution < 1.29 is 14.2 Å². The van der Waals surface area contributed by atoms with Crippen LogP contribution in [0.4, 0.5) is 0 Å². The zero-order chi connectivity index (χ0) is 7.07. The van der Waals surface area contributed by atoms with E-state index in [1.165, 1.54) is 0 Å². The molecular formula is C5H8N2O3. The Balaban J connectivity index is 2.27. The third kappa shape index (κ3) is 3.32. The van der Waals surface area contributed by atoms with Crippen molar-refractivity contribution in [1.29, 1.82) is 0 Å². The topological polar surface area (TPSA) is 52.4 Å². The monoisotopic (exact) mass is 144 g/mol. The molecule has 0 aromatic rings. The summed E-state index contributed by atoms with van der Waals surface area (Å²) in [5, 5.41) is 0. The molecule has 0 radical (unpaired) electrons. The van der Waals surface area contributed by atoms with E-state index in [4.69, 9.17) is 14.2 Å². The summed E-state index contributed by atoms with van der Waals surface area (Å²) >= 11 is 0. The van der Waals surface area contributed by atoms with E-state index in [2.05, 4.69) is 16.0 Å². The van der Waals surface area contributed by atoms with Crippen LogP contribution in [0.5, 0.6) is 0 Å². The minimum atomic E-state index is 0.200. The first-order chi connectivity index (χ1) is 5.00. The Kier molecular flexibility index (Phi) is 3.74. The molecule has 0 fully saturated rings. The van der Waals surface area contributed by atoms with Crippen LogP contribution < -0.4 is 0 Å². The third-order valence-electron chi connectivity index (χ3n) is 0.786. The fourth-order valence-corrected chi connectivity index (χ4v) is 0.425. The zero-order valence-electron chi connectivity index (χ0n) is 5.45. The van der Waals surface area contributed by atoms with Gasteiger partial charge in [-0.15, -0.1) is 0 Å². The van der Waals surface area contributed by atoms with E-state index in [1.807, 2.05) is 0 Å². The third-order valence-corrected chi connectivity index (χ3v) is 0.786. The molecule has 0 unspecified atom stereocenters. The quantitative estimate of drug-likeness (QED) is 0.482. The summed E-state index contributed by atoms with van der Waals surface area (Å²) < 4.78 is 14.5. The van der Waals surface area contributed by atoms with E-state index < -0.39 is 0 Å². The summed E-state index contributed by atoms with van der Waals surface area (Å²) in [5.74, 6) is 0. The highest BCUT2D eigenvalue weighted by molar-refractivity contribution is 5.40. The molecule has 10 heavy (non-hydrogen) atoms. The van der Waals surface area contributed by atoms with Crippen molar-refractivity contribution in [3.63, 3.8) is 0 Å². The molecular weight excluding hydrogens is 136 g/mol. The van der Waals surface area contributed by atoms with Crippen LogP contribution in [0.3, 0.4) is 0 Å². The van der Waals surface area contributed by atoms with Gasteiger partial charge in [0.2, 0.25) is 0 Å². The van der Waals surface area contributed by atoms with Crippen molar-refractivity contribution in [2.24, 2.45) is 9.98 Å². The first kappa shape index (κ1) is 7.37. The van der Waals surface area contributed by atoms with Crippen molar-refractivity contribution in [2.75, 3.05) is 27.0 Å². The fraction of sp³-hybridized carbons (Fsp3) is 0.800. The molecule has 1 heterocycles. The number of hydrogen-bond donors (Lipinski definition) is 0. The zero-order valence-corrected chi connectivity index (χ0v) is 5.45. The van der Waals surface area contributed by atoms with Gasteiger partial charge in [0.05, 0.1) is 6.01 Å². The lowest BCUT2D eigenvalue weighted by Gasteiger charge is -2.03. The van der Waals surface area contributed by atoms with E-state index in [0.717, 1.165) is 0 Å². The number of nitrogens with zero attached hydrogens (tertiary/aromatic N) is 2. The summed E-state index contributed by atoms with van der Waals surface area (Å²) in [6.45, 7) is 0.878. The van der Waals surface area contributed by atoms with Crippen LogP contribution in [-0.2, 0) is 14.2 Å². The maximum absolute atomic E-state index is 4.82. The summed E-state index contributed by atoms with van der Waals surface area (Å²) in [6, 6.07) is 2.40. The lowest BCUT2D eigenvalue weighted by atomic mass is 11.1. The Morgan fingerprint density at radius 2 is 1.50 bits per heavy atom. The van der Waals surface area contributed by atoms with E-state index in [9.17, 15) is 0 Å². The first-order valence-corrected chi connectivity index (χ1v) is 2.81. The van der Waals surface area contributed by atoms with Crippen molar-refractivity contribution in [1.82, 2.24) is 0 Å². The Hall–Kier alpha value is -0.740. The fourth-order valence-electron chi connectivity index (χ4n) is 0.425. The molecule has 5 nitrogen and oxygen atoms in total. The largest absolute Gasteiger partial charge is 0.332 e. The van der Waals surface area contributed by atoms with Gasteiger partial charge in [-0.05, 0) is 0 Å². The highest BCUT2D eigenvalue weighted by Gasteiger charge is 1.87. The Bertz CT molecular complexity index is 130. The van der Waals surface area contributed by atoms with Crippen LogP contribution >= 0.6 is 0 Å². The summed E-state index contributed by atoms with van der Waals surface area (Å²) in [7, 11) is 0. The van der Waals surface area contributed by atoms with Gasteiger partial charge in [-0.2, -0.15) is 9.98 Å². The average molecular weight is 144 g/mol. The molecule has 0 aliphatic carbocycles. The van der Waals surface area contributed by atoms with Gasteiger partial charge in [-0.1, -0.05) is 0 Å². The number of ether oxygens (including phenoxy) is 3.